The molecule has 0 unspecified atom stereocenters. The molecule has 6 nitrogen and oxygen atoms in total. The number of piperazine rings is 1. The molecule has 30 heavy (non-hydrogen) atoms. The van der Waals surface area contributed by atoms with E-state index in [1.165, 1.54) is 21.2 Å². The second-order valence-corrected chi connectivity index (χ2v) is 7.59. The lowest BCUT2D eigenvalue weighted by Crippen LogP contribution is -3.13. The highest BCUT2D eigenvalue weighted by molar-refractivity contribution is 5.95. The number of hydrogen-bond acceptors (Lipinski definition) is 3. The summed E-state index contributed by atoms with van der Waals surface area (Å²) in [4.78, 5) is 27.3. The smallest absolute Gasteiger partial charge is 0.260 e. The van der Waals surface area contributed by atoms with Gasteiger partial charge in [-0.05, 0) is 22.9 Å². The molecule has 154 valence electrons. The van der Waals surface area contributed by atoms with Gasteiger partial charge in [0, 0.05) is 5.56 Å². The lowest BCUT2D eigenvalue weighted by atomic mass is 10.0. The van der Waals surface area contributed by atoms with Gasteiger partial charge in [-0.1, -0.05) is 54.6 Å². The number of rotatable bonds is 6. The Morgan fingerprint density at radius 2 is 1.63 bits per heavy atom. The van der Waals surface area contributed by atoms with Crippen LogP contribution in [0, 0.1) is 0 Å². The Hall–Kier alpha value is -3.38. The lowest BCUT2D eigenvalue weighted by molar-refractivity contribution is -0.917. The van der Waals surface area contributed by atoms with Gasteiger partial charge in [-0.3, -0.25) is 9.59 Å². The molecule has 0 atom stereocenters. The normalized spacial score (nSPS) is 14.6. The Labute approximate surface area is 175 Å². The minimum atomic E-state index is -0.566. The zero-order valence-corrected chi connectivity index (χ0v) is 16.8. The molecule has 0 saturated carbocycles. The molecule has 1 aliphatic heterocycles. The first-order chi connectivity index (χ1) is 14.6. The molecule has 1 saturated heterocycles. The zero-order chi connectivity index (χ0) is 20.9. The van der Waals surface area contributed by atoms with Crippen LogP contribution in [0.3, 0.4) is 0 Å². The Bertz CT molecular complexity index is 1050. The number of primary amides is 1. The van der Waals surface area contributed by atoms with Gasteiger partial charge in [-0.15, -0.1) is 0 Å². The predicted molar refractivity (Wildman–Crippen MR) is 115 cm³/mol. The summed E-state index contributed by atoms with van der Waals surface area (Å²) in [5.74, 6) is -0.291. The average molecular weight is 404 g/mol. The van der Waals surface area contributed by atoms with E-state index in [9.17, 15) is 9.59 Å². The standard InChI is InChI=1S/C24H25N3O3/c25-24(29)21-10-3-4-11-22(21)30-17-23(28)27-14-12-26(13-15-27)16-19-8-5-7-18-6-1-2-9-20(18)19/h1-11H,12-17H2,(H2,25,29)/p+1. The van der Waals surface area contributed by atoms with E-state index in [1.807, 2.05) is 4.90 Å². The van der Waals surface area contributed by atoms with Crippen LogP contribution in [0.5, 0.6) is 5.75 Å². The fraction of sp³-hybridized carbons (Fsp3) is 0.250. The summed E-state index contributed by atoms with van der Waals surface area (Å²) in [7, 11) is 0. The van der Waals surface area contributed by atoms with Crippen LogP contribution >= 0.6 is 0 Å². The minimum absolute atomic E-state index is 0.0708. The number of para-hydroxylation sites is 1. The molecule has 6 heteroatoms. The zero-order valence-electron chi connectivity index (χ0n) is 16.8. The number of nitrogens with zero attached hydrogens (tertiary/aromatic N) is 1. The number of carbonyl (C=O) groups is 2. The van der Waals surface area contributed by atoms with Crippen LogP contribution in [0.2, 0.25) is 0 Å². The molecule has 4 rings (SSSR count). The molecule has 1 heterocycles. The minimum Gasteiger partial charge on any atom is -0.483 e. The van der Waals surface area contributed by atoms with Crippen molar-refractivity contribution in [3.8, 4) is 5.75 Å². The average Bonchev–Trinajstić information content (AvgIpc) is 2.78. The molecule has 3 aromatic rings. The van der Waals surface area contributed by atoms with Gasteiger partial charge in [0.15, 0.2) is 6.61 Å². The fourth-order valence-corrected chi connectivity index (χ4v) is 3.99. The van der Waals surface area contributed by atoms with E-state index in [2.05, 4.69) is 42.5 Å². The molecule has 0 bridgehead atoms. The Kier molecular flexibility index (Phi) is 5.95. The molecule has 3 aromatic carbocycles. The maximum absolute atomic E-state index is 12.6. The molecule has 0 aliphatic carbocycles. The van der Waals surface area contributed by atoms with Crippen molar-refractivity contribution in [2.75, 3.05) is 32.8 Å². The summed E-state index contributed by atoms with van der Waals surface area (Å²) >= 11 is 0. The number of carbonyl (C=O) groups excluding carboxylic acids is 2. The van der Waals surface area contributed by atoms with Crippen LogP contribution in [0.4, 0.5) is 0 Å². The maximum atomic E-state index is 12.6. The molecule has 2 amide bonds. The van der Waals surface area contributed by atoms with Crippen molar-refractivity contribution in [3.63, 3.8) is 0 Å². The topological polar surface area (TPSA) is 77.1 Å². The third-order valence-electron chi connectivity index (χ3n) is 5.65. The first-order valence-electron chi connectivity index (χ1n) is 10.2. The summed E-state index contributed by atoms with van der Waals surface area (Å²) in [5.41, 5.74) is 6.99. The number of hydrogen-bond donors (Lipinski definition) is 2. The SMILES string of the molecule is NC(=O)c1ccccc1OCC(=O)N1CC[NH+](Cc2cccc3ccccc23)CC1. The number of benzene rings is 3. The van der Waals surface area contributed by atoms with Gasteiger partial charge in [-0.25, -0.2) is 0 Å². The van der Waals surface area contributed by atoms with Crippen molar-refractivity contribution in [3.05, 3.63) is 77.9 Å². The Balaban J connectivity index is 1.31. The molecule has 1 fully saturated rings. The van der Waals surface area contributed by atoms with Crippen molar-refractivity contribution in [2.45, 2.75) is 6.54 Å². The molecule has 1 aliphatic rings. The van der Waals surface area contributed by atoms with Gasteiger partial charge in [0.05, 0.1) is 31.7 Å². The summed E-state index contributed by atoms with van der Waals surface area (Å²) in [5, 5.41) is 2.56. The number of quaternary nitrogens is 1. The Morgan fingerprint density at radius 3 is 2.43 bits per heavy atom. The highest BCUT2D eigenvalue weighted by Gasteiger charge is 2.24. The van der Waals surface area contributed by atoms with Crippen LogP contribution in [0.1, 0.15) is 15.9 Å². The van der Waals surface area contributed by atoms with Crippen LogP contribution in [0.25, 0.3) is 10.8 Å². The van der Waals surface area contributed by atoms with Crippen molar-refractivity contribution in [1.29, 1.82) is 0 Å². The van der Waals surface area contributed by atoms with E-state index in [-0.39, 0.29) is 18.1 Å². The highest BCUT2D eigenvalue weighted by Crippen LogP contribution is 2.18. The summed E-state index contributed by atoms with van der Waals surface area (Å²) in [6, 6.07) is 21.6. The van der Waals surface area contributed by atoms with Gasteiger partial charge < -0.3 is 20.3 Å². The van der Waals surface area contributed by atoms with Gasteiger partial charge >= 0.3 is 0 Å². The van der Waals surface area contributed by atoms with Crippen LogP contribution in [-0.4, -0.2) is 49.5 Å². The van der Waals surface area contributed by atoms with Gasteiger partial charge in [0.25, 0.3) is 11.8 Å². The molecular weight excluding hydrogens is 378 g/mol. The second-order valence-electron chi connectivity index (χ2n) is 7.59. The number of fused-ring (bicyclic) bond motifs is 1. The van der Waals surface area contributed by atoms with E-state index in [0.29, 0.717) is 18.8 Å². The van der Waals surface area contributed by atoms with E-state index in [0.717, 1.165) is 19.6 Å². The Morgan fingerprint density at radius 1 is 0.933 bits per heavy atom. The van der Waals surface area contributed by atoms with E-state index in [1.54, 1.807) is 24.3 Å². The van der Waals surface area contributed by atoms with Gasteiger partial charge in [0.1, 0.15) is 12.3 Å². The van der Waals surface area contributed by atoms with Crippen LogP contribution in [0.15, 0.2) is 66.7 Å². The van der Waals surface area contributed by atoms with Crippen molar-refractivity contribution in [2.24, 2.45) is 5.73 Å². The van der Waals surface area contributed by atoms with Crippen molar-refractivity contribution >= 4 is 22.6 Å². The largest absolute Gasteiger partial charge is 0.483 e. The third kappa shape index (κ3) is 4.44. The first kappa shape index (κ1) is 19.9. The van der Waals surface area contributed by atoms with Crippen molar-refractivity contribution in [1.82, 2.24) is 4.90 Å². The summed E-state index contributed by atoms with van der Waals surface area (Å²) < 4.78 is 5.59. The number of amides is 2. The maximum Gasteiger partial charge on any atom is 0.260 e. The quantitative estimate of drug-likeness (QED) is 0.649. The molecule has 0 aromatic heterocycles. The van der Waals surface area contributed by atoms with E-state index >= 15 is 0 Å². The summed E-state index contributed by atoms with van der Waals surface area (Å²) in [6.07, 6.45) is 0. The van der Waals surface area contributed by atoms with E-state index in [4.69, 9.17) is 10.5 Å². The van der Waals surface area contributed by atoms with Crippen LogP contribution in [-0.2, 0) is 11.3 Å². The lowest BCUT2D eigenvalue weighted by Gasteiger charge is -2.32. The highest BCUT2D eigenvalue weighted by atomic mass is 16.5. The molecule has 0 spiro atoms. The summed E-state index contributed by atoms with van der Waals surface area (Å²) in [6.45, 7) is 4.04. The van der Waals surface area contributed by atoms with Crippen molar-refractivity contribution < 1.29 is 19.2 Å². The first-order valence-corrected chi connectivity index (χ1v) is 10.2. The number of ether oxygens (including phenoxy) is 1. The van der Waals surface area contributed by atoms with Crippen LogP contribution < -0.4 is 15.4 Å². The monoisotopic (exact) mass is 404 g/mol. The molecule has 3 N–H and O–H groups in total. The van der Waals surface area contributed by atoms with E-state index < -0.39 is 5.91 Å². The van der Waals surface area contributed by atoms with Gasteiger partial charge in [0.2, 0.25) is 0 Å². The molecular formula is C24H26N3O3+. The molecule has 0 radical (unpaired) electrons. The second kappa shape index (κ2) is 8.97. The number of nitrogens with two attached hydrogens (primary N) is 1. The third-order valence-corrected chi connectivity index (χ3v) is 5.65. The van der Waals surface area contributed by atoms with Gasteiger partial charge in [-0.2, -0.15) is 0 Å². The predicted octanol–water partition coefficient (Wildman–Crippen LogP) is 1.24. The fourth-order valence-electron chi connectivity index (χ4n) is 3.99. The number of nitrogens with one attached hydrogen (secondary N) is 1.